The average molecular weight is 333 g/mol. The number of amides is 3. The zero-order chi connectivity index (χ0) is 14.1. The van der Waals surface area contributed by atoms with Crippen molar-refractivity contribution >= 4 is 33.9 Å². The lowest BCUT2D eigenvalue weighted by atomic mass is 10.2. The molecule has 0 atom stereocenters. The minimum Gasteiger partial charge on any atom is -0.457 e. The molecular formula is C14H9BrN2O3. The van der Waals surface area contributed by atoms with Crippen molar-refractivity contribution in [3.8, 4) is 11.3 Å². The standard InChI is InChI=1S/C14H9BrN2O3/c15-9-3-1-8(2-4-9)12-6-5-10(20-12)7-11-13(18)17-14(19)16-11/h1-7H,(H2,16,17,18,19)/b11-7+. The van der Waals surface area contributed by atoms with E-state index in [1.165, 1.54) is 6.08 Å². The maximum absolute atomic E-state index is 11.4. The van der Waals surface area contributed by atoms with Gasteiger partial charge in [-0.3, -0.25) is 10.1 Å². The van der Waals surface area contributed by atoms with Crippen LogP contribution in [0.5, 0.6) is 0 Å². The molecular weight excluding hydrogens is 324 g/mol. The first-order chi connectivity index (χ1) is 9.61. The van der Waals surface area contributed by atoms with Crippen LogP contribution in [0.25, 0.3) is 17.4 Å². The Morgan fingerprint density at radius 2 is 1.75 bits per heavy atom. The predicted octanol–water partition coefficient (Wildman–Crippen LogP) is 2.89. The van der Waals surface area contributed by atoms with Crippen LogP contribution in [-0.2, 0) is 4.79 Å². The molecule has 100 valence electrons. The van der Waals surface area contributed by atoms with Crippen LogP contribution in [0.4, 0.5) is 4.79 Å². The highest BCUT2D eigenvalue weighted by molar-refractivity contribution is 9.10. The second kappa shape index (κ2) is 4.97. The summed E-state index contributed by atoms with van der Waals surface area (Å²) in [6.45, 7) is 0. The molecule has 2 N–H and O–H groups in total. The van der Waals surface area contributed by atoms with E-state index < -0.39 is 11.9 Å². The average Bonchev–Trinajstić information content (AvgIpc) is 2.98. The van der Waals surface area contributed by atoms with Crippen LogP contribution in [0, 0.1) is 0 Å². The van der Waals surface area contributed by atoms with Gasteiger partial charge in [0.2, 0.25) is 0 Å². The summed E-state index contributed by atoms with van der Waals surface area (Å²) in [7, 11) is 0. The molecule has 1 saturated heterocycles. The second-order valence-corrected chi connectivity index (χ2v) is 5.09. The monoisotopic (exact) mass is 332 g/mol. The Hall–Kier alpha value is -2.34. The lowest BCUT2D eigenvalue weighted by Gasteiger charge is -1.97. The van der Waals surface area contributed by atoms with Crippen molar-refractivity contribution in [2.45, 2.75) is 0 Å². The van der Waals surface area contributed by atoms with Crippen molar-refractivity contribution in [1.82, 2.24) is 10.6 Å². The first kappa shape index (κ1) is 12.7. The molecule has 20 heavy (non-hydrogen) atoms. The van der Waals surface area contributed by atoms with E-state index in [0.717, 1.165) is 10.0 Å². The minimum atomic E-state index is -0.527. The summed E-state index contributed by atoms with van der Waals surface area (Å²) >= 11 is 3.37. The predicted molar refractivity (Wildman–Crippen MR) is 76.5 cm³/mol. The molecule has 1 aromatic heterocycles. The Morgan fingerprint density at radius 1 is 1.00 bits per heavy atom. The van der Waals surface area contributed by atoms with Crippen LogP contribution in [0.15, 0.2) is 51.0 Å². The molecule has 0 bridgehead atoms. The number of rotatable bonds is 2. The lowest BCUT2D eigenvalue weighted by Crippen LogP contribution is -2.22. The summed E-state index contributed by atoms with van der Waals surface area (Å²) in [4.78, 5) is 22.4. The van der Waals surface area contributed by atoms with Crippen LogP contribution in [0.2, 0.25) is 0 Å². The number of imide groups is 1. The summed E-state index contributed by atoms with van der Waals surface area (Å²) < 4.78 is 6.62. The number of furan rings is 1. The molecule has 5 nitrogen and oxygen atoms in total. The number of hydrogen-bond acceptors (Lipinski definition) is 3. The van der Waals surface area contributed by atoms with Crippen LogP contribution < -0.4 is 10.6 Å². The summed E-state index contributed by atoms with van der Waals surface area (Å²) in [6.07, 6.45) is 1.49. The molecule has 0 saturated carbocycles. The number of carbonyl (C=O) groups excluding carboxylic acids is 2. The quantitative estimate of drug-likeness (QED) is 0.656. The van der Waals surface area contributed by atoms with E-state index in [-0.39, 0.29) is 5.70 Å². The molecule has 1 aromatic carbocycles. The number of hydrogen-bond donors (Lipinski definition) is 2. The van der Waals surface area contributed by atoms with Gasteiger partial charge in [-0.1, -0.05) is 28.1 Å². The molecule has 2 heterocycles. The maximum atomic E-state index is 11.4. The van der Waals surface area contributed by atoms with Crippen LogP contribution in [0.3, 0.4) is 0 Å². The third kappa shape index (κ3) is 2.50. The fraction of sp³-hybridized carbons (Fsp3) is 0. The van der Waals surface area contributed by atoms with E-state index in [1.807, 2.05) is 30.3 Å². The van der Waals surface area contributed by atoms with Gasteiger partial charge in [0.05, 0.1) is 0 Å². The van der Waals surface area contributed by atoms with Crippen LogP contribution in [-0.4, -0.2) is 11.9 Å². The van der Waals surface area contributed by atoms with Crippen molar-refractivity contribution in [1.29, 1.82) is 0 Å². The first-order valence-electron chi connectivity index (χ1n) is 5.81. The largest absolute Gasteiger partial charge is 0.457 e. The van der Waals surface area contributed by atoms with Crippen molar-refractivity contribution in [3.05, 3.63) is 52.3 Å². The third-order valence-corrected chi connectivity index (χ3v) is 3.29. The van der Waals surface area contributed by atoms with Gasteiger partial charge in [0, 0.05) is 16.1 Å². The molecule has 1 fully saturated rings. The molecule has 3 rings (SSSR count). The Kier molecular flexibility index (Phi) is 3.15. The smallest absolute Gasteiger partial charge is 0.326 e. The van der Waals surface area contributed by atoms with E-state index in [1.54, 1.807) is 6.07 Å². The van der Waals surface area contributed by atoms with Crippen molar-refractivity contribution in [2.24, 2.45) is 0 Å². The van der Waals surface area contributed by atoms with Crippen molar-refractivity contribution in [2.75, 3.05) is 0 Å². The van der Waals surface area contributed by atoms with Gasteiger partial charge in [-0.25, -0.2) is 4.79 Å². The van der Waals surface area contributed by atoms with Crippen LogP contribution >= 0.6 is 15.9 Å². The molecule has 0 radical (unpaired) electrons. The van der Waals surface area contributed by atoms with E-state index in [4.69, 9.17) is 4.42 Å². The van der Waals surface area contributed by atoms with Gasteiger partial charge in [0.1, 0.15) is 17.2 Å². The van der Waals surface area contributed by atoms with Gasteiger partial charge in [-0.15, -0.1) is 0 Å². The summed E-state index contributed by atoms with van der Waals surface area (Å²) in [6, 6.07) is 10.7. The van der Waals surface area contributed by atoms with Gasteiger partial charge >= 0.3 is 6.03 Å². The maximum Gasteiger partial charge on any atom is 0.326 e. The molecule has 2 aromatic rings. The first-order valence-corrected chi connectivity index (χ1v) is 6.61. The minimum absolute atomic E-state index is 0.173. The molecule has 6 heteroatoms. The topological polar surface area (TPSA) is 71.3 Å². The third-order valence-electron chi connectivity index (χ3n) is 2.76. The van der Waals surface area contributed by atoms with E-state index >= 15 is 0 Å². The lowest BCUT2D eigenvalue weighted by molar-refractivity contribution is -0.115. The van der Waals surface area contributed by atoms with Gasteiger partial charge in [0.25, 0.3) is 5.91 Å². The van der Waals surface area contributed by atoms with Crippen molar-refractivity contribution < 1.29 is 14.0 Å². The second-order valence-electron chi connectivity index (χ2n) is 4.18. The molecule has 0 unspecified atom stereocenters. The van der Waals surface area contributed by atoms with Crippen molar-refractivity contribution in [3.63, 3.8) is 0 Å². The summed E-state index contributed by atoms with van der Waals surface area (Å²) in [5.74, 6) is 0.723. The highest BCUT2D eigenvalue weighted by atomic mass is 79.9. The Balaban J connectivity index is 1.87. The number of halogens is 1. The highest BCUT2D eigenvalue weighted by Gasteiger charge is 2.23. The Morgan fingerprint density at radius 3 is 2.40 bits per heavy atom. The fourth-order valence-electron chi connectivity index (χ4n) is 1.82. The van der Waals surface area contributed by atoms with Crippen LogP contribution in [0.1, 0.15) is 5.76 Å². The molecule has 0 aliphatic carbocycles. The zero-order valence-electron chi connectivity index (χ0n) is 10.1. The number of carbonyl (C=O) groups is 2. The fourth-order valence-corrected chi connectivity index (χ4v) is 2.09. The SMILES string of the molecule is O=C1NC(=O)/C(=C\c2ccc(-c3ccc(Br)cc3)o2)N1. The normalized spacial score (nSPS) is 16.4. The summed E-state index contributed by atoms with van der Waals surface area (Å²) in [5.41, 5.74) is 1.10. The van der Waals surface area contributed by atoms with E-state index in [0.29, 0.717) is 11.5 Å². The molecule has 0 spiro atoms. The number of urea groups is 1. The Bertz CT molecular complexity index is 716. The van der Waals surface area contributed by atoms with Gasteiger partial charge < -0.3 is 9.73 Å². The van der Waals surface area contributed by atoms with Gasteiger partial charge in [-0.2, -0.15) is 0 Å². The van der Waals surface area contributed by atoms with E-state index in [9.17, 15) is 9.59 Å². The van der Waals surface area contributed by atoms with Gasteiger partial charge in [-0.05, 0) is 24.3 Å². The Labute approximate surface area is 122 Å². The van der Waals surface area contributed by atoms with Gasteiger partial charge in [0.15, 0.2) is 0 Å². The number of nitrogens with one attached hydrogen (secondary N) is 2. The van der Waals surface area contributed by atoms with E-state index in [2.05, 4.69) is 26.6 Å². The highest BCUT2D eigenvalue weighted by Crippen LogP contribution is 2.25. The number of benzene rings is 1. The molecule has 3 amide bonds. The zero-order valence-corrected chi connectivity index (χ0v) is 11.7. The molecule has 1 aliphatic heterocycles. The summed E-state index contributed by atoms with van der Waals surface area (Å²) in [5, 5.41) is 4.53. The molecule has 1 aliphatic rings.